The molecular formula is C17H10ClF6N5O. The summed E-state index contributed by atoms with van der Waals surface area (Å²) in [7, 11) is 0. The van der Waals surface area contributed by atoms with E-state index in [1.54, 1.807) is 0 Å². The molecule has 6 nitrogen and oxygen atoms in total. The van der Waals surface area contributed by atoms with Crippen molar-refractivity contribution in [3.8, 4) is 5.69 Å². The van der Waals surface area contributed by atoms with Gasteiger partial charge in [0.15, 0.2) is 5.82 Å². The number of alkyl halides is 6. The van der Waals surface area contributed by atoms with Gasteiger partial charge in [0.1, 0.15) is 11.4 Å². The Morgan fingerprint density at radius 2 is 1.73 bits per heavy atom. The van der Waals surface area contributed by atoms with Gasteiger partial charge in [-0.1, -0.05) is 11.6 Å². The van der Waals surface area contributed by atoms with Crippen LogP contribution in [0.2, 0.25) is 5.02 Å². The van der Waals surface area contributed by atoms with Gasteiger partial charge in [-0.15, -0.1) is 0 Å². The largest absolute Gasteiger partial charge is 0.433 e. The van der Waals surface area contributed by atoms with Crippen LogP contribution in [0.1, 0.15) is 21.7 Å². The minimum absolute atomic E-state index is 0.00657. The molecule has 0 unspecified atom stereocenters. The van der Waals surface area contributed by atoms with Gasteiger partial charge in [-0.05, 0) is 30.3 Å². The first-order chi connectivity index (χ1) is 14.0. The average Bonchev–Trinajstić information content (AvgIpc) is 3.15. The van der Waals surface area contributed by atoms with Gasteiger partial charge in [0.2, 0.25) is 0 Å². The van der Waals surface area contributed by atoms with Crippen molar-refractivity contribution in [2.24, 2.45) is 0 Å². The number of anilines is 1. The van der Waals surface area contributed by atoms with E-state index in [0.717, 1.165) is 18.3 Å². The Bertz CT molecular complexity index is 1060. The molecule has 3 heterocycles. The molecule has 13 heteroatoms. The smallest absolute Gasteiger partial charge is 0.311 e. The van der Waals surface area contributed by atoms with Crippen molar-refractivity contribution in [1.29, 1.82) is 0 Å². The third-order valence-electron chi connectivity index (χ3n) is 3.76. The lowest BCUT2D eigenvalue weighted by molar-refractivity contribution is -0.141. The van der Waals surface area contributed by atoms with Gasteiger partial charge in [0.25, 0.3) is 5.91 Å². The SMILES string of the molecule is O=C(NNc1ncc(C(F)(F)F)cc1Cl)c1cccn1-c1ccc(C(F)(F)F)nc1. The maximum Gasteiger partial charge on any atom is 0.433 e. The molecule has 3 rings (SSSR count). The Kier molecular flexibility index (Phi) is 5.61. The van der Waals surface area contributed by atoms with E-state index >= 15 is 0 Å². The summed E-state index contributed by atoms with van der Waals surface area (Å²) in [5, 5.41) is -0.382. The number of hydrogen-bond acceptors (Lipinski definition) is 4. The molecule has 0 fully saturated rings. The Labute approximate surface area is 169 Å². The number of amides is 1. The second-order valence-corrected chi connectivity index (χ2v) is 6.20. The highest BCUT2D eigenvalue weighted by atomic mass is 35.5. The molecule has 158 valence electrons. The first kappa shape index (κ1) is 21.4. The van der Waals surface area contributed by atoms with Crippen molar-refractivity contribution >= 4 is 23.3 Å². The van der Waals surface area contributed by atoms with E-state index < -0.39 is 29.5 Å². The molecular weight excluding hydrogens is 440 g/mol. The van der Waals surface area contributed by atoms with Crippen molar-refractivity contribution in [2.45, 2.75) is 12.4 Å². The third kappa shape index (κ3) is 4.64. The van der Waals surface area contributed by atoms with Crippen molar-refractivity contribution in [2.75, 3.05) is 5.43 Å². The first-order valence-corrected chi connectivity index (χ1v) is 8.34. The number of hydrazine groups is 1. The summed E-state index contributed by atoms with van der Waals surface area (Å²) in [5.74, 6) is -0.981. The van der Waals surface area contributed by atoms with Crippen LogP contribution in [-0.2, 0) is 12.4 Å². The summed E-state index contributed by atoms with van der Waals surface area (Å²) in [6.45, 7) is 0. The maximum absolute atomic E-state index is 12.6. The molecule has 3 aromatic rings. The van der Waals surface area contributed by atoms with Crippen LogP contribution in [0.4, 0.5) is 32.2 Å². The quantitative estimate of drug-likeness (QED) is 0.447. The molecule has 0 aliphatic rings. The summed E-state index contributed by atoms with van der Waals surface area (Å²) in [6, 6.07) is 5.38. The predicted octanol–water partition coefficient (Wildman–Crippen LogP) is 4.72. The van der Waals surface area contributed by atoms with Crippen molar-refractivity contribution in [1.82, 2.24) is 20.0 Å². The topological polar surface area (TPSA) is 71.8 Å². The van der Waals surface area contributed by atoms with Gasteiger partial charge in [-0.2, -0.15) is 26.3 Å². The monoisotopic (exact) mass is 449 g/mol. The molecule has 0 aliphatic heterocycles. The number of rotatable bonds is 4. The van der Waals surface area contributed by atoms with Gasteiger partial charge in [0.05, 0.1) is 22.5 Å². The van der Waals surface area contributed by atoms with Crippen LogP contribution < -0.4 is 10.9 Å². The predicted molar refractivity (Wildman–Crippen MR) is 93.9 cm³/mol. The minimum atomic E-state index is -4.63. The molecule has 3 aromatic heterocycles. The fraction of sp³-hybridized carbons (Fsp3) is 0.118. The van der Waals surface area contributed by atoms with E-state index in [0.29, 0.717) is 12.3 Å². The lowest BCUT2D eigenvalue weighted by Crippen LogP contribution is -2.31. The lowest BCUT2D eigenvalue weighted by Gasteiger charge is -2.13. The first-order valence-electron chi connectivity index (χ1n) is 7.97. The lowest BCUT2D eigenvalue weighted by atomic mass is 10.3. The molecule has 1 amide bonds. The summed E-state index contributed by atoms with van der Waals surface area (Å²) in [6.07, 6.45) is -6.33. The zero-order chi connectivity index (χ0) is 22.1. The maximum atomic E-state index is 12.6. The fourth-order valence-corrected chi connectivity index (χ4v) is 2.57. The highest BCUT2D eigenvalue weighted by Crippen LogP contribution is 2.32. The van der Waals surface area contributed by atoms with E-state index in [1.807, 2.05) is 0 Å². The van der Waals surface area contributed by atoms with E-state index in [4.69, 9.17) is 11.6 Å². The number of nitrogens with one attached hydrogen (secondary N) is 2. The van der Waals surface area contributed by atoms with E-state index in [2.05, 4.69) is 20.8 Å². The van der Waals surface area contributed by atoms with Crippen LogP contribution in [0.25, 0.3) is 5.69 Å². The summed E-state index contributed by atoms with van der Waals surface area (Å²) < 4.78 is 77.1. The number of halogens is 7. The number of aromatic nitrogens is 3. The summed E-state index contributed by atoms with van der Waals surface area (Å²) in [4.78, 5) is 19.2. The van der Waals surface area contributed by atoms with Crippen LogP contribution in [0.3, 0.4) is 0 Å². The molecule has 0 aliphatic carbocycles. The van der Waals surface area contributed by atoms with Crippen LogP contribution in [0, 0.1) is 0 Å². The Morgan fingerprint density at radius 3 is 2.30 bits per heavy atom. The molecule has 0 atom stereocenters. The number of carbonyl (C=O) groups is 1. The second-order valence-electron chi connectivity index (χ2n) is 5.79. The van der Waals surface area contributed by atoms with Crippen molar-refractivity contribution in [3.63, 3.8) is 0 Å². The molecule has 0 spiro atoms. The molecule has 0 bridgehead atoms. The number of pyridine rings is 2. The van der Waals surface area contributed by atoms with Gasteiger partial charge < -0.3 is 4.57 Å². The van der Waals surface area contributed by atoms with Crippen molar-refractivity contribution < 1.29 is 31.1 Å². The zero-order valence-corrected chi connectivity index (χ0v) is 15.3. The van der Waals surface area contributed by atoms with Gasteiger partial charge >= 0.3 is 12.4 Å². The van der Waals surface area contributed by atoms with Gasteiger partial charge in [-0.25, -0.2) is 9.97 Å². The second kappa shape index (κ2) is 7.86. The molecule has 2 N–H and O–H groups in total. The highest BCUT2D eigenvalue weighted by Gasteiger charge is 2.32. The normalized spacial score (nSPS) is 12.0. The summed E-state index contributed by atoms with van der Waals surface area (Å²) in [5.41, 5.74) is 2.55. The average molecular weight is 450 g/mol. The fourth-order valence-electron chi connectivity index (χ4n) is 2.35. The highest BCUT2D eigenvalue weighted by molar-refractivity contribution is 6.33. The molecule has 0 radical (unpaired) electrons. The van der Waals surface area contributed by atoms with E-state index in [-0.39, 0.29) is 22.2 Å². The molecule has 30 heavy (non-hydrogen) atoms. The van der Waals surface area contributed by atoms with E-state index in [9.17, 15) is 31.1 Å². The standard InChI is InChI=1S/C17H10ClF6N5O/c18-11-6-9(16(19,20)21)7-26-14(11)27-28-15(30)12-2-1-5-29(12)10-3-4-13(25-8-10)17(22,23)24/h1-8H,(H,26,27)(H,28,30). The Balaban J connectivity index is 1.75. The van der Waals surface area contributed by atoms with E-state index in [1.165, 1.54) is 22.9 Å². The Morgan fingerprint density at radius 1 is 1.00 bits per heavy atom. The van der Waals surface area contributed by atoms with Crippen LogP contribution in [-0.4, -0.2) is 20.4 Å². The van der Waals surface area contributed by atoms with Crippen LogP contribution in [0.15, 0.2) is 48.9 Å². The molecule has 0 saturated carbocycles. The van der Waals surface area contributed by atoms with Gasteiger partial charge in [-0.3, -0.25) is 15.6 Å². The molecule has 0 saturated heterocycles. The number of hydrogen-bond donors (Lipinski definition) is 2. The van der Waals surface area contributed by atoms with Gasteiger partial charge in [0, 0.05) is 12.4 Å². The third-order valence-corrected chi connectivity index (χ3v) is 4.05. The van der Waals surface area contributed by atoms with Crippen molar-refractivity contribution in [3.05, 3.63) is 70.9 Å². The van der Waals surface area contributed by atoms with Crippen LogP contribution >= 0.6 is 11.6 Å². The number of carbonyl (C=O) groups excluding carboxylic acids is 1. The Hall–Kier alpha value is -3.28. The van der Waals surface area contributed by atoms with Crippen LogP contribution in [0.5, 0.6) is 0 Å². The summed E-state index contributed by atoms with van der Waals surface area (Å²) >= 11 is 5.74. The zero-order valence-electron chi connectivity index (χ0n) is 14.5. The minimum Gasteiger partial charge on any atom is -0.311 e. The number of nitrogens with zero attached hydrogens (tertiary/aromatic N) is 3. The molecule has 0 aromatic carbocycles.